The Kier molecular flexibility index (Phi) is 3.14. The molecule has 0 saturated carbocycles. The van der Waals surface area contributed by atoms with Gasteiger partial charge in [-0.15, -0.1) is 0 Å². The maximum atomic E-state index is 5.82. The molecule has 0 spiro atoms. The van der Waals surface area contributed by atoms with E-state index >= 15 is 0 Å². The number of hydrogen-bond donors (Lipinski definition) is 0. The minimum Gasteiger partial charge on any atom is -0.479 e. The quantitative estimate of drug-likeness (QED) is 0.735. The van der Waals surface area contributed by atoms with Crippen LogP contribution in [0.1, 0.15) is 24.5 Å². The van der Waals surface area contributed by atoms with Gasteiger partial charge >= 0.3 is 0 Å². The van der Waals surface area contributed by atoms with E-state index in [1.165, 1.54) is 5.56 Å². The Balaban J connectivity index is 2.16. The van der Waals surface area contributed by atoms with Crippen LogP contribution in [0.2, 0.25) is 5.02 Å². The third-order valence-electron chi connectivity index (χ3n) is 2.23. The van der Waals surface area contributed by atoms with E-state index in [-0.39, 0.29) is 6.10 Å². The van der Waals surface area contributed by atoms with E-state index in [1.54, 1.807) is 0 Å². The van der Waals surface area contributed by atoms with Crippen molar-refractivity contribution in [2.45, 2.75) is 18.9 Å². The molecule has 0 amide bonds. The summed E-state index contributed by atoms with van der Waals surface area (Å²) in [5.41, 5.74) is 1.18. The minimum atomic E-state index is 0.159. The highest BCUT2D eigenvalue weighted by Gasteiger charge is 2.16. The smallest absolute Gasteiger partial charge is 0.159 e. The van der Waals surface area contributed by atoms with Gasteiger partial charge in [-0.2, -0.15) is 0 Å². The monoisotopic (exact) mass is 272 g/mol. The zero-order valence-electron chi connectivity index (χ0n) is 7.54. The summed E-state index contributed by atoms with van der Waals surface area (Å²) in [6, 6.07) is 7.82. The lowest BCUT2D eigenvalue weighted by atomic mass is 10.0. The van der Waals surface area contributed by atoms with E-state index in [9.17, 15) is 0 Å². The summed E-state index contributed by atoms with van der Waals surface area (Å²) >= 11 is 9.17. The Labute approximate surface area is 96.8 Å². The Morgan fingerprint density at radius 1 is 1.29 bits per heavy atom. The molecule has 0 aliphatic carbocycles. The van der Waals surface area contributed by atoms with E-state index in [4.69, 9.17) is 16.3 Å². The van der Waals surface area contributed by atoms with Crippen LogP contribution < -0.4 is 0 Å². The molecule has 0 aromatic heterocycles. The molecule has 2 rings (SSSR count). The predicted octanol–water partition coefficient (Wildman–Crippen LogP) is 4.43. The summed E-state index contributed by atoms with van der Waals surface area (Å²) < 4.78 is 6.48. The van der Waals surface area contributed by atoms with Gasteiger partial charge in [0.2, 0.25) is 0 Å². The van der Waals surface area contributed by atoms with Gasteiger partial charge in [-0.3, -0.25) is 0 Å². The summed E-state index contributed by atoms with van der Waals surface area (Å²) in [5.74, 6) is 0. The van der Waals surface area contributed by atoms with Crippen molar-refractivity contribution >= 4 is 27.5 Å². The maximum Gasteiger partial charge on any atom is 0.159 e. The molecule has 1 atom stereocenters. The van der Waals surface area contributed by atoms with Crippen LogP contribution in [0.15, 0.2) is 35.0 Å². The van der Waals surface area contributed by atoms with E-state index in [0.717, 1.165) is 22.5 Å². The molecule has 74 valence electrons. The lowest BCUT2D eigenvalue weighted by molar-refractivity contribution is 0.118. The number of ether oxygens (including phenoxy) is 1. The van der Waals surface area contributed by atoms with Crippen molar-refractivity contribution in [3.8, 4) is 0 Å². The molecule has 0 radical (unpaired) electrons. The summed E-state index contributed by atoms with van der Waals surface area (Å²) in [7, 11) is 0. The van der Waals surface area contributed by atoms with Crippen LogP contribution in [-0.2, 0) is 4.74 Å². The van der Waals surface area contributed by atoms with Gasteiger partial charge in [0.25, 0.3) is 0 Å². The van der Waals surface area contributed by atoms with Gasteiger partial charge in [0.05, 0.1) is 0 Å². The summed E-state index contributed by atoms with van der Waals surface area (Å²) in [4.78, 5) is 0. The highest BCUT2D eigenvalue weighted by atomic mass is 79.9. The molecule has 0 bridgehead atoms. The maximum absolute atomic E-state index is 5.82. The van der Waals surface area contributed by atoms with Crippen molar-refractivity contribution in [1.82, 2.24) is 0 Å². The molecule has 1 aromatic carbocycles. The fourth-order valence-electron chi connectivity index (χ4n) is 1.50. The fourth-order valence-corrected chi connectivity index (χ4v) is 2.08. The zero-order valence-corrected chi connectivity index (χ0v) is 9.88. The van der Waals surface area contributed by atoms with Gasteiger partial charge < -0.3 is 4.74 Å². The molecule has 3 heteroatoms. The summed E-state index contributed by atoms with van der Waals surface area (Å²) in [6.07, 6.45) is 4.28. The fraction of sp³-hybridized carbons (Fsp3) is 0.273. The first-order valence-corrected chi connectivity index (χ1v) is 5.70. The second-order valence-corrected chi connectivity index (χ2v) is 4.46. The Morgan fingerprint density at radius 3 is 2.64 bits per heavy atom. The molecule has 0 fully saturated rings. The highest BCUT2D eigenvalue weighted by molar-refractivity contribution is 9.11. The van der Waals surface area contributed by atoms with Crippen molar-refractivity contribution < 1.29 is 4.74 Å². The van der Waals surface area contributed by atoms with Gasteiger partial charge in [-0.25, -0.2) is 0 Å². The third-order valence-corrected chi connectivity index (χ3v) is 2.99. The summed E-state index contributed by atoms with van der Waals surface area (Å²) in [6.45, 7) is 0. The lowest BCUT2D eigenvalue weighted by Gasteiger charge is -2.22. The standard InChI is InChI=1S/C11H10BrClO/c12-11-3-1-2-10(14-11)8-4-6-9(13)7-5-8/h3-7,10H,1-2H2/t10-/m1/s1. The molecule has 1 aliphatic heterocycles. The van der Waals surface area contributed by atoms with E-state index in [2.05, 4.69) is 15.9 Å². The molecule has 1 aromatic rings. The van der Waals surface area contributed by atoms with Crippen LogP contribution in [-0.4, -0.2) is 0 Å². The first kappa shape index (κ1) is 10.1. The molecule has 1 nitrogen and oxygen atoms in total. The number of allylic oxidation sites excluding steroid dienone is 1. The van der Waals surface area contributed by atoms with E-state index < -0.39 is 0 Å². The molecule has 1 aliphatic rings. The van der Waals surface area contributed by atoms with Gasteiger partial charge in [0.15, 0.2) is 4.67 Å². The molecular formula is C11H10BrClO. The lowest BCUT2D eigenvalue weighted by Crippen LogP contribution is -2.05. The molecule has 14 heavy (non-hydrogen) atoms. The topological polar surface area (TPSA) is 9.23 Å². The molecule has 0 unspecified atom stereocenters. The Hall–Kier alpha value is -0.470. The molecular weight excluding hydrogens is 263 g/mol. The normalized spacial score (nSPS) is 21.3. The number of hydrogen-bond acceptors (Lipinski definition) is 1. The van der Waals surface area contributed by atoms with Crippen LogP contribution >= 0.6 is 27.5 Å². The predicted molar refractivity (Wildman–Crippen MR) is 61.5 cm³/mol. The number of benzene rings is 1. The Morgan fingerprint density at radius 2 is 2.00 bits per heavy atom. The highest BCUT2D eigenvalue weighted by Crippen LogP contribution is 2.32. The van der Waals surface area contributed by atoms with Crippen molar-refractivity contribution in [1.29, 1.82) is 0 Å². The largest absolute Gasteiger partial charge is 0.479 e. The van der Waals surface area contributed by atoms with Crippen molar-refractivity contribution in [3.63, 3.8) is 0 Å². The van der Waals surface area contributed by atoms with Gasteiger partial charge in [0.1, 0.15) is 6.10 Å². The average molecular weight is 274 g/mol. The van der Waals surface area contributed by atoms with Crippen molar-refractivity contribution in [3.05, 3.63) is 45.6 Å². The van der Waals surface area contributed by atoms with Crippen LogP contribution in [0.5, 0.6) is 0 Å². The SMILES string of the molecule is Clc1ccc([C@H]2CCC=C(Br)O2)cc1. The third kappa shape index (κ3) is 2.31. The second kappa shape index (κ2) is 4.37. The van der Waals surface area contributed by atoms with Gasteiger partial charge in [-0.05, 0) is 52.5 Å². The van der Waals surface area contributed by atoms with Crippen molar-refractivity contribution in [2.24, 2.45) is 0 Å². The van der Waals surface area contributed by atoms with Crippen molar-refractivity contribution in [2.75, 3.05) is 0 Å². The first-order valence-electron chi connectivity index (χ1n) is 4.53. The van der Waals surface area contributed by atoms with Gasteiger partial charge in [0, 0.05) is 5.02 Å². The zero-order chi connectivity index (χ0) is 9.97. The molecule has 0 saturated heterocycles. The van der Waals surface area contributed by atoms with Crippen LogP contribution in [0.4, 0.5) is 0 Å². The van der Waals surface area contributed by atoms with Crippen LogP contribution in [0.25, 0.3) is 0 Å². The van der Waals surface area contributed by atoms with E-state index in [0.29, 0.717) is 0 Å². The number of halogens is 2. The number of rotatable bonds is 1. The minimum absolute atomic E-state index is 0.159. The van der Waals surface area contributed by atoms with E-state index in [1.807, 2.05) is 30.3 Å². The molecule has 0 N–H and O–H groups in total. The summed E-state index contributed by atoms with van der Waals surface area (Å²) in [5, 5.41) is 0.763. The van der Waals surface area contributed by atoms with Crippen LogP contribution in [0.3, 0.4) is 0 Å². The van der Waals surface area contributed by atoms with Gasteiger partial charge in [-0.1, -0.05) is 23.7 Å². The average Bonchev–Trinajstić information content (AvgIpc) is 2.19. The van der Waals surface area contributed by atoms with Crippen LogP contribution in [0, 0.1) is 0 Å². The molecule has 1 heterocycles. The first-order chi connectivity index (χ1) is 6.75. The Bertz CT molecular complexity index is 345. The second-order valence-electron chi connectivity index (χ2n) is 3.24.